The molecule has 7 heteroatoms. The molecule has 2 aliphatic heterocycles. The van der Waals surface area contributed by atoms with Crippen LogP contribution in [0.3, 0.4) is 0 Å². The van der Waals surface area contributed by atoms with E-state index in [1.54, 1.807) is 13.3 Å². The lowest BCUT2D eigenvalue weighted by molar-refractivity contribution is -0.0586. The van der Waals surface area contributed by atoms with E-state index in [4.69, 9.17) is 9.47 Å². The van der Waals surface area contributed by atoms with Gasteiger partial charge in [-0.15, -0.1) is 0 Å². The highest BCUT2D eigenvalue weighted by Crippen LogP contribution is 2.30. The minimum atomic E-state index is 0.0641. The first-order valence-corrected chi connectivity index (χ1v) is 10.9. The molecule has 30 heavy (non-hydrogen) atoms. The summed E-state index contributed by atoms with van der Waals surface area (Å²) in [7, 11) is 1.69. The van der Waals surface area contributed by atoms with E-state index in [9.17, 15) is 4.79 Å². The lowest BCUT2D eigenvalue weighted by atomic mass is 9.90. The number of aromatic amines is 1. The summed E-state index contributed by atoms with van der Waals surface area (Å²) in [6, 6.07) is 8.28. The van der Waals surface area contributed by atoms with Crippen molar-refractivity contribution >= 4 is 5.91 Å². The summed E-state index contributed by atoms with van der Waals surface area (Å²) in [5, 5.41) is 7.36. The van der Waals surface area contributed by atoms with E-state index in [2.05, 4.69) is 27.2 Å². The number of ether oxygens (including phenoxy) is 2. The molecule has 2 fully saturated rings. The predicted molar refractivity (Wildman–Crippen MR) is 115 cm³/mol. The molecule has 2 atom stereocenters. The monoisotopic (exact) mass is 412 g/mol. The van der Waals surface area contributed by atoms with Gasteiger partial charge in [0.05, 0.1) is 36.8 Å². The van der Waals surface area contributed by atoms with Gasteiger partial charge in [0.1, 0.15) is 5.75 Å². The van der Waals surface area contributed by atoms with E-state index in [-0.39, 0.29) is 18.1 Å². The number of carbonyl (C=O) groups excluding carboxylic acids is 1. The highest BCUT2D eigenvalue weighted by atomic mass is 16.5. The van der Waals surface area contributed by atoms with Gasteiger partial charge in [-0.1, -0.05) is 12.1 Å². The summed E-state index contributed by atoms with van der Waals surface area (Å²) in [5.74, 6) is 1.30. The van der Waals surface area contributed by atoms with Crippen LogP contribution in [0.15, 0.2) is 30.5 Å². The van der Waals surface area contributed by atoms with Crippen LogP contribution in [0.25, 0.3) is 0 Å². The van der Waals surface area contributed by atoms with Gasteiger partial charge in [0.2, 0.25) is 0 Å². The molecule has 0 bridgehead atoms. The number of H-pyrrole nitrogens is 1. The number of piperidine rings is 1. The van der Waals surface area contributed by atoms with Crippen LogP contribution >= 0.6 is 0 Å². The van der Waals surface area contributed by atoms with Gasteiger partial charge < -0.3 is 14.4 Å². The molecule has 1 N–H and O–H groups in total. The van der Waals surface area contributed by atoms with Crippen molar-refractivity contribution in [2.75, 3.05) is 33.3 Å². The van der Waals surface area contributed by atoms with Crippen LogP contribution in [0.4, 0.5) is 0 Å². The summed E-state index contributed by atoms with van der Waals surface area (Å²) in [4.78, 5) is 17.5. The van der Waals surface area contributed by atoms with Gasteiger partial charge in [-0.25, -0.2) is 0 Å². The van der Waals surface area contributed by atoms with Crippen molar-refractivity contribution in [1.82, 2.24) is 20.0 Å². The summed E-state index contributed by atoms with van der Waals surface area (Å²) >= 11 is 0. The minimum absolute atomic E-state index is 0.0641. The number of hydrogen-bond donors (Lipinski definition) is 1. The van der Waals surface area contributed by atoms with E-state index in [0.717, 1.165) is 49.5 Å². The number of nitrogens with zero attached hydrogens (tertiary/aromatic N) is 3. The molecule has 2 aliphatic rings. The van der Waals surface area contributed by atoms with Crippen molar-refractivity contribution in [2.45, 2.75) is 51.4 Å². The Morgan fingerprint density at radius 1 is 1.17 bits per heavy atom. The average molecular weight is 413 g/mol. The molecule has 3 heterocycles. The summed E-state index contributed by atoms with van der Waals surface area (Å²) in [5.41, 5.74) is 3.02. The molecule has 1 amide bonds. The van der Waals surface area contributed by atoms with Gasteiger partial charge in [-0.05, 0) is 57.5 Å². The molecule has 1 aromatic heterocycles. The topological polar surface area (TPSA) is 70.7 Å². The Bertz CT molecular complexity index is 832. The molecule has 7 nitrogen and oxygen atoms in total. The number of nitrogens with one attached hydrogen (secondary N) is 1. The van der Waals surface area contributed by atoms with Crippen LogP contribution in [0, 0.1) is 0 Å². The summed E-state index contributed by atoms with van der Waals surface area (Å²) < 4.78 is 11.0. The van der Waals surface area contributed by atoms with E-state index in [0.29, 0.717) is 19.0 Å². The Hall–Kier alpha value is -2.38. The number of likely N-dealkylation sites (tertiary alicyclic amines) is 1. The fraction of sp³-hybridized carbons (Fsp3) is 0.565. The van der Waals surface area contributed by atoms with Gasteiger partial charge in [-0.3, -0.25) is 14.8 Å². The minimum Gasteiger partial charge on any atom is -0.497 e. The van der Waals surface area contributed by atoms with Gasteiger partial charge in [0, 0.05) is 25.6 Å². The van der Waals surface area contributed by atoms with Crippen LogP contribution in [0.2, 0.25) is 0 Å². The SMILES string of the molecule is COc1ccc(CN2CCC(c3[nH]ncc3C(=O)N3C[C@@H](C)O[C@@H](C)C3)CC2)cc1. The lowest BCUT2D eigenvalue weighted by Crippen LogP contribution is -2.48. The number of morpholine rings is 1. The van der Waals surface area contributed by atoms with Crippen molar-refractivity contribution in [3.05, 3.63) is 47.3 Å². The van der Waals surface area contributed by atoms with Crippen molar-refractivity contribution in [2.24, 2.45) is 0 Å². The molecule has 0 unspecified atom stereocenters. The van der Waals surface area contributed by atoms with Gasteiger partial charge >= 0.3 is 0 Å². The first-order chi connectivity index (χ1) is 14.5. The second-order valence-corrected chi connectivity index (χ2v) is 8.56. The average Bonchev–Trinajstić information content (AvgIpc) is 3.23. The fourth-order valence-corrected chi connectivity index (χ4v) is 4.66. The molecule has 1 aromatic carbocycles. The molecule has 4 rings (SSSR count). The number of aromatic nitrogens is 2. The highest BCUT2D eigenvalue weighted by Gasteiger charge is 2.31. The van der Waals surface area contributed by atoms with Crippen LogP contribution in [0.5, 0.6) is 5.75 Å². The summed E-state index contributed by atoms with van der Waals surface area (Å²) in [6.07, 6.45) is 3.87. The van der Waals surface area contributed by atoms with Crippen LogP contribution in [-0.2, 0) is 11.3 Å². The van der Waals surface area contributed by atoms with Crippen molar-refractivity contribution < 1.29 is 14.3 Å². The molecule has 2 aromatic rings. The van der Waals surface area contributed by atoms with Gasteiger partial charge in [0.15, 0.2) is 0 Å². The number of rotatable bonds is 5. The lowest BCUT2D eigenvalue weighted by Gasteiger charge is -2.36. The second kappa shape index (κ2) is 9.18. The molecule has 0 saturated carbocycles. The van der Waals surface area contributed by atoms with Crippen molar-refractivity contribution in [3.63, 3.8) is 0 Å². The van der Waals surface area contributed by atoms with Gasteiger partial charge in [-0.2, -0.15) is 5.10 Å². The number of amides is 1. The number of methoxy groups -OCH3 is 1. The van der Waals surface area contributed by atoms with Crippen LogP contribution in [-0.4, -0.2) is 71.4 Å². The first kappa shape index (κ1) is 20.9. The third kappa shape index (κ3) is 4.68. The third-order valence-electron chi connectivity index (χ3n) is 6.17. The number of benzene rings is 1. The van der Waals surface area contributed by atoms with Crippen molar-refractivity contribution in [3.8, 4) is 5.75 Å². The number of hydrogen-bond acceptors (Lipinski definition) is 5. The largest absolute Gasteiger partial charge is 0.497 e. The molecule has 0 aliphatic carbocycles. The molecule has 0 spiro atoms. The molecular formula is C23H32N4O3. The Balaban J connectivity index is 1.36. The Morgan fingerprint density at radius 2 is 1.83 bits per heavy atom. The van der Waals surface area contributed by atoms with Crippen LogP contribution in [0.1, 0.15) is 54.2 Å². The van der Waals surface area contributed by atoms with Gasteiger partial charge in [0.25, 0.3) is 5.91 Å². The maximum Gasteiger partial charge on any atom is 0.257 e. The molecule has 0 radical (unpaired) electrons. The van der Waals surface area contributed by atoms with E-state index in [1.165, 1.54) is 5.56 Å². The normalized spacial score (nSPS) is 23.5. The molecule has 2 saturated heterocycles. The fourth-order valence-electron chi connectivity index (χ4n) is 4.66. The predicted octanol–water partition coefficient (Wildman–Crippen LogP) is 3.05. The van der Waals surface area contributed by atoms with E-state index >= 15 is 0 Å². The highest BCUT2D eigenvalue weighted by molar-refractivity contribution is 5.95. The Kier molecular flexibility index (Phi) is 6.39. The maximum absolute atomic E-state index is 13.2. The third-order valence-corrected chi connectivity index (χ3v) is 6.17. The van der Waals surface area contributed by atoms with Crippen LogP contribution < -0.4 is 4.74 Å². The Morgan fingerprint density at radius 3 is 2.47 bits per heavy atom. The Labute approximate surface area is 178 Å². The zero-order chi connectivity index (χ0) is 21.1. The van der Waals surface area contributed by atoms with Crippen molar-refractivity contribution in [1.29, 1.82) is 0 Å². The van der Waals surface area contributed by atoms with E-state index < -0.39 is 0 Å². The smallest absolute Gasteiger partial charge is 0.257 e. The maximum atomic E-state index is 13.2. The molecular weight excluding hydrogens is 380 g/mol. The molecule has 162 valence electrons. The quantitative estimate of drug-likeness (QED) is 0.817. The summed E-state index contributed by atoms with van der Waals surface area (Å²) in [6.45, 7) is 8.26. The number of carbonyl (C=O) groups is 1. The standard InChI is InChI=1S/C23H32N4O3/c1-16-13-27(14-17(2)30-16)23(28)21-12-24-25-22(21)19-8-10-26(11-9-19)15-18-4-6-20(29-3)7-5-18/h4-7,12,16-17,19H,8-11,13-15H2,1-3H3,(H,24,25)/t16-,17+. The zero-order valence-electron chi connectivity index (χ0n) is 18.1. The second-order valence-electron chi connectivity index (χ2n) is 8.56. The zero-order valence-corrected chi connectivity index (χ0v) is 18.1. The first-order valence-electron chi connectivity index (χ1n) is 10.9. The van der Waals surface area contributed by atoms with E-state index in [1.807, 2.05) is 30.9 Å².